The number of anilines is 2. The standard InChI is InChI=1S/C15H15F2N3O/c1-8-4-12(17)13(7-11(8)16)20-15(21)10-5-9(2)19-14(6-10)18-3/h4-7H,1-3H3,(H,18,19)(H,20,21). The van der Waals surface area contributed by atoms with Crippen molar-refractivity contribution in [1.82, 2.24) is 4.98 Å². The lowest BCUT2D eigenvalue weighted by molar-refractivity contribution is 0.102. The first-order valence-electron chi connectivity index (χ1n) is 6.34. The minimum Gasteiger partial charge on any atom is -0.373 e. The van der Waals surface area contributed by atoms with E-state index < -0.39 is 17.5 Å². The van der Waals surface area contributed by atoms with E-state index in [1.54, 1.807) is 20.0 Å². The minimum absolute atomic E-state index is 0.183. The van der Waals surface area contributed by atoms with Gasteiger partial charge in [0.15, 0.2) is 0 Å². The molecule has 1 amide bonds. The fourth-order valence-electron chi connectivity index (χ4n) is 1.86. The summed E-state index contributed by atoms with van der Waals surface area (Å²) < 4.78 is 27.2. The number of hydrogen-bond acceptors (Lipinski definition) is 3. The number of benzene rings is 1. The van der Waals surface area contributed by atoms with Crippen LogP contribution in [-0.4, -0.2) is 17.9 Å². The second-order valence-electron chi connectivity index (χ2n) is 4.67. The van der Waals surface area contributed by atoms with Gasteiger partial charge in [0, 0.05) is 24.4 Å². The van der Waals surface area contributed by atoms with Crippen LogP contribution in [0.2, 0.25) is 0 Å². The van der Waals surface area contributed by atoms with Crippen LogP contribution < -0.4 is 10.6 Å². The van der Waals surface area contributed by atoms with Gasteiger partial charge >= 0.3 is 0 Å². The van der Waals surface area contributed by atoms with Gasteiger partial charge in [-0.15, -0.1) is 0 Å². The van der Waals surface area contributed by atoms with Gasteiger partial charge in [0.1, 0.15) is 17.5 Å². The molecule has 0 aliphatic carbocycles. The van der Waals surface area contributed by atoms with E-state index in [1.165, 1.54) is 13.0 Å². The molecule has 0 saturated heterocycles. The maximum atomic E-state index is 13.7. The summed E-state index contributed by atoms with van der Waals surface area (Å²) in [4.78, 5) is 16.3. The van der Waals surface area contributed by atoms with Gasteiger partial charge in [-0.3, -0.25) is 4.79 Å². The Morgan fingerprint density at radius 2 is 1.81 bits per heavy atom. The first kappa shape index (κ1) is 14.9. The molecule has 0 radical (unpaired) electrons. The molecule has 4 nitrogen and oxygen atoms in total. The monoisotopic (exact) mass is 291 g/mol. The van der Waals surface area contributed by atoms with Crippen molar-refractivity contribution in [2.24, 2.45) is 0 Å². The number of pyridine rings is 1. The van der Waals surface area contributed by atoms with Crippen molar-refractivity contribution in [2.45, 2.75) is 13.8 Å². The van der Waals surface area contributed by atoms with E-state index in [0.29, 0.717) is 17.1 Å². The van der Waals surface area contributed by atoms with Gasteiger partial charge in [0.25, 0.3) is 5.91 Å². The summed E-state index contributed by atoms with van der Waals surface area (Å²) in [6, 6.07) is 5.11. The highest BCUT2D eigenvalue weighted by Gasteiger charge is 2.13. The van der Waals surface area contributed by atoms with Crippen molar-refractivity contribution in [3.8, 4) is 0 Å². The molecule has 0 bridgehead atoms. The number of nitrogens with zero attached hydrogens (tertiary/aromatic N) is 1. The van der Waals surface area contributed by atoms with Crippen LogP contribution in [0, 0.1) is 25.5 Å². The van der Waals surface area contributed by atoms with Gasteiger partial charge in [0.05, 0.1) is 5.69 Å². The first-order valence-corrected chi connectivity index (χ1v) is 6.34. The van der Waals surface area contributed by atoms with Gasteiger partial charge in [-0.2, -0.15) is 0 Å². The summed E-state index contributed by atoms with van der Waals surface area (Å²) in [7, 11) is 1.68. The van der Waals surface area contributed by atoms with Crippen molar-refractivity contribution in [3.05, 3.63) is 52.7 Å². The lowest BCUT2D eigenvalue weighted by atomic mass is 10.1. The Morgan fingerprint density at radius 1 is 1.10 bits per heavy atom. The molecular formula is C15H15F2N3O. The maximum Gasteiger partial charge on any atom is 0.255 e. The molecule has 110 valence electrons. The van der Waals surface area contributed by atoms with Crippen molar-refractivity contribution >= 4 is 17.4 Å². The zero-order valence-electron chi connectivity index (χ0n) is 11.9. The molecule has 0 fully saturated rings. The molecule has 2 aromatic rings. The van der Waals surface area contributed by atoms with E-state index in [-0.39, 0.29) is 11.3 Å². The van der Waals surface area contributed by atoms with E-state index >= 15 is 0 Å². The predicted octanol–water partition coefficient (Wildman–Crippen LogP) is 3.27. The number of carbonyl (C=O) groups is 1. The average molecular weight is 291 g/mol. The molecule has 0 spiro atoms. The third-order valence-electron chi connectivity index (χ3n) is 2.97. The first-order chi connectivity index (χ1) is 9.90. The minimum atomic E-state index is -0.679. The van der Waals surface area contributed by atoms with Crippen LogP contribution >= 0.6 is 0 Å². The molecule has 0 aliphatic rings. The van der Waals surface area contributed by atoms with Gasteiger partial charge in [-0.25, -0.2) is 13.8 Å². The summed E-state index contributed by atoms with van der Waals surface area (Å²) in [5, 5.41) is 5.19. The summed E-state index contributed by atoms with van der Waals surface area (Å²) in [6.45, 7) is 3.19. The number of nitrogens with one attached hydrogen (secondary N) is 2. The predicted molar refractivity (Wildman–Crippen MR) is 77.6 cm³/mol. The van der Waals surface area contributed by atoms with Crippen molar-refractivity contribution in [3.63, 3.8) is 0 Å². The van der Waals surface area contributed by atoms with Crippen LogP contribution in [0.3, 0.4) is 0 Å². The molecular weight excluding hydrogens is 276 g/mol. The highest BCUT2D eigenvalue weighted by Crippen LogP contribution is 2.20. The average Bonchev–Trinajstić information content (AvgIpc) is 2.43. The number of carbonyl (C=O) groups excluding carboxylic acids is 1. The van der Waals surface area contributed by atoms with E-state index in [2.05, 4.69) is 15.6 Å². The number of rotatable bonds is 3. The van der Waals surface area contributed by atoms with E-state index in [4.69, 9.17) is 0 Å². The maximum absolute atomic E-state index is 13.7. The van der Waals surface area contributed by atoms with Gasteiger partial charge < -0.3 is 10.6 Å². The van der Waals surface area contributed by atoms with Gasteiger partial charge in [-0.1, -0.05) is 0 Å². The lowest BCUT2D eigenvalue weighted by Crippen LogP contribution is -2.14. The van der Waals surface area contributed by atoms with Gasteiger partial charge in [0.2, 0.25) is 0 Å². The SMILES string of the molecule is CNc1cc(C(=O)Nc2cc(F)c(C)cc2F)cc(C)n1. The highest BCUT2D eigenvalue weighted by atomic mass is 19.1. The second kappa shape index (κ2) is 5.87. The van der Waals surface area contributed by atoms with Crippen LogP contribution in [0.25, 0.3) is 0 Å². The number of aromatic nitrogens is 1. The highest BCUT2D eigenvalue weighted by molar-refractivity contribution is 6.04. The molecule has 2 N–H and O–H groups in total. The van der Waals surface area contributed by atoms with E-state index in [1.807, 2.05) is 0 Å². The van der Waals surface area contributed by atoms with Crippen molar-refractivity contribution in [2.75, 3.05) is 17.7 Å². The quantitative estimate of drug-likeness (QED) is 0.912. The van der Waals surface area contributed by atoms with Crippen LogP contribution in [0.4, 0.5) is 20.3 Å². The second-order valence-corrected chi connectivity index (χ2v) is 4.67. The number of halogens is 2. The van der Waals surface area contributed by atoms with Crippen LogP contribution in [-0.2, 0) is 0 Å². The topological polar surface area (TPSA) is 54.0 Å². The molecule has 0 unspecified atom stereocenters. The van der Waals surface area contributed by atoms with Crippen LogP contribution in [0.1, 0.15) is 21.6 Å². The Morgan fingerprint density at radius 3 is 2.48 bits per heavy atom. The van der Waals surface area contributed by atoms with E-state index in [0.717, 1.165) is 12.1 Å². The molecule has 2 rings (SSSR count). The van der Waals surface area contributed by atoms with Crippen LogP contribution in [0.5, 0.6) is 0 Å². The number of hydrogen-bond donors (Lipinski definition) is 2. The van der Waals surface area contributed by atoms with Crippen molar-refractivity contribution < 1.29 is 13.6 Å². The molecule has 6 heteroatoms. The third kappa shape index (κ3) is 3.34. The molecule has 1 aromatic carbocycles. The Bertz CT molecular complexity index is 702. The molecule has 0 saturated carbocycles. The third-order valence-corrected chi connectivity index (χ3v) is 2.97. The molecule has 0 atom stereocenters. The zero-order chi connectivity index (χ0) is 15.6. The Labute approximate surface area is 121 Å². The fraction of sp³-hybridized carbons (Fsp3) is 0.200. The smallest absolute Gasteiger partial charge is 0.255 e. The summed E-state index contributed by atoms with van der Waals surface area (Å²) in [5.74, 6) is -1.26. The van der Waals surface area contributed by atoms with E-state index in [9.17, 15) is 13.6 Å². The number of aryl methyl sites for hydroxylation is 2. The molecule has 1 heterocycles. The normalized spacial score (nSPS) is 10.3. The largest absolute Gasteiger partial charge is 0.373 e. The lowest BCUT2D eigenvalue weighted by Gasteiger charge is -2.09. The Balaban J connectivity index is 2.30. The van der Waals surface area contributed by atoms with Crippen LogP contribution in [0.15, 0.2) is 24.3 Å². The summed E-state index contributed by atoms with van der Waals surface area (Å²) in [6.07, 6.45) is 0. The Hall–Kier alpha value is -2.50. The molecule has 21 heavy (non-hydrogen) atoms. The zero-order valence-corrected chi connectivity index (χ0v) is 11.9. The molecule has 0 aliphatic heterocycles. The van der Waals surface area contributed by atoms with Gasteiger partial charge in [-0.05, 0) is 37.6 Å². The molecule has 1 aromatic heterocycles. The number of amides is 1. The summed E-state index contributed by atoms with van der Waals surface area (Å²) in [5.41, 5.74) is 0.945. The Kier molecular flexibility index (Phi) is 4.16. The van der Waals surface area contributed by atoms with Crippen molar-refractivity contribution in [1.29, 1.82) is 0 Å². The fourth-order valence-corrected chi connectivity index (χ4v) is 1.86. The summed E-state index contributed by atoms with van der Waals surface area (Å²) >= 11 is 0.